The molecule has 0 saturated heterocycles. The molecule has 2 heterocycles. The van der Waals surface area contributed by atoms with E-state index in [0.717, 1.165) is 6.26 Å². The molecule has 0 saturated carbocycles. The number of carbonyl (C=O) groups is 3. The first-order valence-electron chi connectivity index (χ1n) is 11.3. The Kier molecular flexibility index (Phi) is 10.2. The van der Waals surface area contributed by atoms with E-state index >= 15 is 0 Å². The van der Waals surface area contributed by atoms with Crippen LogP contribution in [0.2, 0.25) is 0 Å². The van der Waals surface area contributed by atoms with Crippen molar-refractivity contribution in [3.63, 3.8) is 0 Å². The van der Waals surface area contributed by atoms with Crippen LogP contribution in [0.4, 0.5) is 4.79 Å². The largest absolute Gasteiger partial charge is 0.464 e. The molecule has 0 fully saturated rings. The molecule has 0 aliphatic heterocycles. The third-order valence-corrected chi connectivity index (χ3v) is 6.34. The number of halogens is 1. The Morgan fingerprint density at radius 2 is 1.78 bits per heavy atom. The molecule has 0 radical (unpaired) electrons. The number of methoxy groups -OCH3 is 1. The lowest BCUT2D eigenvalue weighted by Gasteiger charge is -2.24. The molecular formula is C23H33BrN4O8S. The van der Waals surface area contributed by atoms with Gasteiger partial charge in [-0.25, -0.2) is 19.6 Å². The van der Waals surface area contributed by atoms with Gasteiger partial charge in [-0.2, -0.15) is 11.8 Å². The summed E-state index contributed by atoms with van der Waals surface area (Å²) < 4.78 is 20.8. The lowest BCUT2D eigenvalue weighted by Crippen LogP contribution is -2.37. The normalized spacial score (nSPS) is 14.4. The van der Waals surface area contributed by atoms with Crippen LogP contribution in [-0.2, 0) is 9.47 Å². The van der Waals surface area contributed by atoms with Crippen molar-refractivity contribution in [3.8, 4) is 0 Å². The van der Waals surface area contributed by atoms with Crippen molar-refractivity contribution in [2.75, 3.05) is 12.9 Å². The molecule has 2 aromatic rings. The smallest absolute Gasteiger partial charge is 0.408 e. The highest BCUT2D eigenvalue weighted by Crippen LogP contribution is 2.31. The predicted octanol–water partition coefficient (Wildman–Crippen LogP) is 4.16. The number of alkyl carbamates (subject to hydrolysis) is 1. The van der Waals surface area contributed by atoms with Gasteiger partial charge in [-0.1, -0.05) is 20.8 Å². The van der Waals surface area contributed by atoms with E-state index in [9.17, 15) is 19.5 Å². The second kappa shape index (κ2) is 12.3. The summed E-state index contributed by atoms with van der Waals surface area (Å²) in [7, 11) is 1.19. The number of aliphatic hydroxyl groups is 1. The Hall–Kier alpha value is -2.58. The van der Waals surface area contributed by atoms with Crippen molar-refractivity contribution >= 4 is 45.7 Å². The molecule has 3 N–H and O–H groups in total. The van der Waals surface area contributed by atoms with E-state index in [-0.39, 0.29) is 32.6 Å². The summed E-state index contributed by atoms with van der Waals surface area (Å²) in [5, 5.41) is 15.5. The van der Waals surface area contributed by atoms with Crippen molar-refractivity contribution in [3.05, 3.63) is 34.1 Å². The predicted molar refractivity (Wildman–Crippen MR) is 138 cm³/mol. The number of hydrogen-bond acceptors (Lipinski definition) is 11. The maximum absolute atomic E-state index is 13.1. The standard InChI is InChI=1S/C23H33BrN4O8S/c1-11(29)14(19-25-12(9-34-19)20(31)33-8)27-17(30)15-16(24)35-18(28-15)13(10-37-23(5,6)7)26-21(32)36-22(2,3)4/h9,11,13-14,29H,10H2,1-8H3,(H,26,32)(H,27,30)/t11-,13+,14+/m1/s1. The average molecular weight is 606 g/mol. The van der Waals surface area contributed by atoms with Gasteiger partial charge in [0.05, 0.1) is 13.2 Å². The first-order valence-corrected chi connectivity index (χ1v) is 13.1. The highest BCUT2D eigenvalue weighted by molar-refractivity contribution is 9.10. The van der Waals surface area contributed by atoms with E-state index in [4.69, 9.17) is 13.6 Å². The lowest BCUT2D eigenvalue weighted by molar-refractivity contribution is 0.0500. The number of ether oxygens (including phenoxy) is 2. The van der Waals surface area contributed by atoms with Gasteiger partial charge >= 0.3 is 12.1 Å². The quantitative estimate of drug-likeness (QED) is 0.351. The molecule has 0 spiro atoms. The van der Waals surface area contributed by atoms with Crippen molar-refractivity contribution < 1.29 is 37.8 Å². The zero-order chi connectivity index (χ0) is 28.1. The minimum absolute atomic E-state index is 0.0174. The summed E-state index contributed by atoms with van der Waals surface area (Å²) in [5.74, 6) is -1.08. The topological polar surface area (TPSA) is 166 Å². The number of carbonyl (C=O) groups excluding carboxylic acids is 3. The third-order valence-electron chi connectivity index (χ3n) is 4.44. The first-order chi connectivity index (χ1) is 17.0. The molecule has 0 bridgehead atoms. The van der Waals surface area contributed by atoms with E-state index in [1.165, 1.54) is 14.0 Å². The van der Waals surface area contributed by atoms with Gasteiger partial charge < -0.3 is 34.0 Å². The minimum Gasteiger partial charge on any atom is -0.464 e. The van der Waals surface area contributed by atoms with Crippen LogP contribution in [0.1, 0.15) is 93.3 Å². The van der Waals surface area contributed by atoms with Crippen LogP contribution < -0.4 is 10.6 Å². The number of oxazole rings is 2. The van der Waals surface area contributed by atoms with Gasteiger partial charge in [0.2, 0.25) is 16.5 Å². The monoisotopic (exact) mass is 604 g/mol. The second-order valence-corrected chi connectivity index (χ2v) is 12.6. The number of nitrogens with zero attached hydrogens (tertiary/aromatic N) is 2. The van der Waals surface area contributed by atoms with Crippen molar-refractivity contribution in [1.29, 1.82) is 0 Å². The third kappa shape index (κ3) is 9.34. The molecule has 206 valence electrons. The molecule has 0 aromatic carbocycles. The summed E-state index contributed by atoms with van der Waals surface area (Å²) in [5.41, 5.74) is -0.954. The summed E-state index contributed by atoms with van der Waals surface area (Å²) in [6.45, 7) is 12.7. The summed E-state index contributed by atoms with van der Waals surface area (Å²) in [6, 6.07) is -1.82. The Morgan fingerprint density at radius 3 is 2.32 bits per heavy atom. The van der Waals surface area contributed by atoms with Crippen LogP contribution in [0.3, 0.4) is 0 Å². The van der Waals surface area contributed by atoms with E-state index in [1.54, 1.807) is 32.5 Å². The number of rotatable bonds is 9. The van der Waals surface area contributed by atoms with Gasteiger partial charge in [0.1, 0.15) is 23.9 Å². The van der Waals surface area contributed by atoms with Gasteiger partial charge in [-0.3, -0.25) is 4.79 Å². The van der Waals surface area contributed by atoms with Crippen LogP contribution in [0.15, 0.2) is 19.8 Å². The fraction of sp³-hybridized carbons (Fsp3) is 0.609. The molecule has 2 aromatic heterocycles. The summed E-state index contributed by atoms with van der Waals surface area (Å²) >= 11 is 4.76. The van der Waals surface area contributed by atoms with Gasteiger partial charge in [0.25, 0.3) is 5.91 Å². The van der Waals surface area contributed by atoms with E-state index in [2.05, 4.69) is 41.3 Å². The molecule has 0 aliphatic carbocycles. The van der Waals surface area contributed by atoms with Crippen LogP contribution in [-0.4, -0.2) is 62.4 Å². The first kappa shape index (κ1) is 30.6. The van der Waals surface area contributed by atoms with Crippen LogP contribution in [0, 0.1) is 0 Å². The molecule has 0 aliphatic rings. The molecule has 12 nitrogen and oxygen atoms in total. The van der Waals surface area contributed by atoms with Crippen LogP contribution in [0.25, 0.3) is 0 Å². The molecule has 2 amide bonds. The van der Waals surface area contributed by atoms with Crippen molar-refractivity contribution in [2.45, 2.75) is 77.0 Å². The van der Waals surface area contributed by atoms with Crippen LogP contribution >= 0.6 is 27.7 Å². The average Bonchev–Trinajstić information content (AvgIpc) is 3.39. The molecule has 0 unspecified atom stereocenters. The van der Waals surface area contributed by atoms with Crippen molar-refractivity contribution in [2.24, 2.45) is 0 Å². The van der Waals surface area contributed by atoms with Crippen molar-refractivity contribution in [1.82, 2.24) is 20.6 Å². The molecule has 14 heteroatoms. The number of aliphatic hydroxyl groups excluding tert-OH is 1. The zero-order valence-electron chi connectivity index (χ0n) is 22.0. The van der Waals surface area contributed by atoms with E-state index in [0.29, 0.717) is 5.75 Å². The molecule has 2 rings (SSSR count). The SMILES string of the molecule is COC(=O)c1coc([C@@H](NC(=O)c2nc([C@H](CSC(C)(C)C)NC(=O)OC(C)(C)C)oc2Br)[C@@H](C)O)n1. The maximum atomic E-state index is 13.1. The number of esters is 1. The van der Waals surface area contributed by atoms with Gasteiger partial charge in [-0.05, 0) is 43.6 Å². The number of thioether (sulfide) groups is 1. The van der Waals surface area contributed by atoms with Gasteiger partial charge in [0.15, 0.2) is 11.4 Å². The second-order valence-electron chi connectivity index (χ2n) is 10.1. The summed E-state index contributed by atoms with van der Waals surface area (Å²) in [6.07, 6.45) is -0.734. The van der Waals surface area contributed by atoms with E-state index in [1.807, 2.05) is 20.8 Å². The maximum Gasteiger partial charge on any atom is 0.408 e. The zero-order valence-corrected chi connectivity index (χ0v) is 24.4. The molecular weight excluding hydrogens is 572 g/mol. The summed E-state index contributed by atoms with van der Waals surface area (Å²) in [4.78, 5) is 45.5. The Morgan fingerprint density at radius 1 is 1.14 bits per heavy atom. The van der Waals surface area contributed by atoms with E-state index < -0.39 is 41.8 Å². The number of hydrogen-bond donors (Lipinski definition) is 3. The van der Waals surface area contributed by atoms with Gasteiger partial charge in [-0.15, -0.1) is 0 Å². The van der Waals surface area contributed by atoms with Gasteiger partial charge in [0, 0.05) is 10.5 Å². The highest BCUT2D eigenvalue weighted by atomic mass is 79.9. The molecule has 37 heavy (non-hydrogen) atoms. The number of nitrogens with one attached hydrogen (secondary N) is 2. The number of aromatic nitrogens is 2. The lowest BCUT2D eigenvalue weighted by atomic mass is 10.1. The number of amides is 2. The van der Waals surface area contributed by atoms with Crippen LogP contribution in [0.5, 0.6) is 0 Å². The Bertz CT molecular complexity index is 1100. The molecule has 3 atom stereocenters. The fourth-order valence-corrected chi connectivity index (χ4v) is 4.12. The fourth-order valence-electron chi connectivity index (χ4n) is 2.79. The Labute approximate surface area is 227 Å². The highest BCUT2D eigenvalue weighted by Gasteiger charge is 2.32. The Balaban J connectivity index is 2.28. The minimum atomic E-state index is -1.14.